The summed E-state index contributed by atoms with van der Waals surface area (Å²) in [4.78, 5) is 24.4. The second kappa shape index (κ2) is 12.1. The summed E-state index contributed by atoms with van der Waals surface area (Å²) in [6.45, 7) is 4.95. The third-order valence-electron chi connectivity index (χ3n) is 6.13. The molecule has 0 saturated carbocycles. The smallest absolute Gasteiger partial charge is 0.356 e. The largest absolute Gasteiger partial charge is 0.476 e. The third-order valence-corrected chi connectivity index (χ3v) is 8.07. The van der Waals surface area contributed by atoms with E-state index in [1.807, 2.05) is 6.92 Å². The van der Waals surface area contributed by atoms with Crippen molar-refractivity contribution in [2.75, 3.05) is 5.32 Å². The van der Waals surface area contributed by atoms with E-state index in [2.05, 4.69) is 15.1 Å². The number of carboxylic acid groups (broad SMARTS) is 1. The lowest BCUT2D eigenvalue weighted by Crippen LogP contribution is -2.32. The fourth-order valence-electron chi connectivity index (χ4n) is 3.80. The van der Waals surface area contributed by atoms with Crippen molar-refractivity contribution in [1.29, 1.82) is 0 Å². The number of nitrogens with zero attached hydrogens (tertiary/aromatic N) is 2. The van der Waals surface area contributed by atoms with Gasteiger partial charge in [-0.15, -0.1) is 0 Å². The summed E-state index contributed by atoms with van der Waals surface area (Å²) < 4.78 is 50.3. The number of hydrogen-bond acceptors (Lipinski definition) is 6. The second-order valence-electron chi connectivity index (χ2n) is 9.10. The van der Waals surface area contributed by atoms with Crippen LogP contribution in [0.5, 0.6) is 11.6 Å². The van der Waals surface area contributed by atoms with Gasteiger partial charge in [-0.05, 0) is 74.9 Å². The van der Waals surface area contributed by atoms with Crippen molar-refractivity contribution < 1.29 is 32.2 Å². The van der Waals surface area contributed by atoms with Gasteiger partial charge in [0.1, 0.15) is 16.5 Å². The fourth-order valence-corrected chi connectivity index (χ4v) is 5.50. The number of carboxylic acids is 1. The standard InChI is InChI=1S/C28H26ClFN4O6S/c1-4-16(2)33-41(38,39)24-15-19(31-26(35)21-7-5-6-8-22(21)29)11-14-23(24)40-27-17(3)25(28(36)37)32-34(27)20-12-9-18(30)10-13-20/h5-16,33H,4H2,1-3H3,(H,31,35)(H,36,37)/t16-/m0/s1. The summed E-state index contributed by atoms with van der Waals surface area (Å²) in [7, 11) is -4.21. The number of sulfonamides is 1. The number of rotatable bonds is 10. The number of nitrogens with one attached hydrogen (secondary N) is 2. The molecular formula is C28H26ClFN4O6S. The monoisotopic (exact) mass is 600 g/mol. The Morgan fingerprint density at radius 3 is 2.44 bits per heavy atom. The molecule has 214 valence electrons. The summed E-state index contributed by atoms with van der Waals surface area (Å²) in [5.74, 6) is -2.67. The van der Waals surface area contributed by atoms with E-state index in [0.29, 0.717) is 6.42 Å². The van der Waals surface area contributed by atoms with Gasteiger partial charge in [0.2, 0.25) is 15.9 Å². The molecule has 0 radical (unpaired) electrons. The molecule has 41 heavy (non-hydrogen) atoms. The zero-order valence-electron chi connectivity index (χ0n) is 22.2. The minimum absolute atomic E-state index is 0.0955. The van der Waals surface area contributed by atoms with Crippen LogP contribution in [-0.4, -0.2) is 41.2 Å². The van der Waals surface area contributed by atoms with E-state index in [4.69, 9.17) is 16.3 Å². The Morgan fingerprint density at radius 1 is 1.12 bits per heavy atom. The Kier molecular flexibility index (Phi) is 8.76. The minimum Gasteiger partial charge on any atom is -0.476 e. The van der Waals surface area contributed by atoms with Crippen molar-refractivity contribution >= 4 is 39.2 Å². The number of aromatic carboxylic acids is 1. The molecule has 13 heteroatoms. The molecule has 0 aliphatic heterocycles. The molecule has 3 aromatic carbocycles. The van der Waals surface area contributed by atoms with E-state index in [9.17, 15) is 27.5 Å². The van der Waals surface area contributed by atoms with Crippen molar-refractivity contribution in [1.82, 2.24) is 14.5 Å². The molecule has 10 nitrogen and oxygen atoms in total. The van der Waals surface area contributed by atoms with Crippen LogP contribution in [0.4, 0.5) is 10.1 Å². The van der Waals surface area contributed by atoms with Crippen molar-refractivity contribution in [2.45, 2.75) is 38.1 Å². The van der Waals surface area contributed by atoms with E-state index in [0.717, 1.165) is 4.68 Å². The van der Waals surface area contributed by atoms with Crippen LogP contribution in [0.3, 0.4) is 0 Å². The molecule has 0 spiro atoms. The van der Waals surface area contributed by atoms with Crippen molar-refractivity contribution in [2.24, 2.45) is 0 Å². The Labute approximate surface area is 240 Å². The zero-order chi connectivity index (χ0) is 29.9. The Hall–Kier alpha value is -4.26. The molecule has 4 rings (SSSR count). The molecular weight excluding hydrogens is 575 g/mol. The average molecular weight is 601 g/mol. The lowest BCUT2D eigenvalue weighted by Gasteiger charge is -2.18. The number of benzene rings is 3. The van der Waals surface area contributed by atoms with Gasteiger partial charge in [0.15, 0.2) is 5.69 Å². The third kappa shape index (κ3) is 6.56. The van der Waals surface area contributed by atoms with Gasteiger partial charge < -0.3 is 15.2 Å². The first kappa shape index (κ1) is 29.7. The molecule has 0 aliphatic carbocycles. The summed E-state index contributed by atoms with van der Waals surface area (Å²) in [6, 6.07) is 15.0. The van der Waals surface area contributed by atoms with E-state index in [-0.39, 0.29) is 49.7 Å². The molecule has 3 N–H and O–H groups in total. The van der Waals surface area contributed by atoms with E-state index in [1.165, 1.54) is 55.5 Å². The number of aromatic nitrogens is 2. The van der Waals surface area contributed by atoms with E-state index < -0.39 is 33.8 Å². The van der Waals surface area contributed by atoms with E-state index >= 15 is 0 Å². The van der Waals surface area contributed by atoms with Crippen LogP contribution in [0, 0.1) is 12.7 Å². The topological polar surface area (TPSA) is 140 Å². The van der Waals surface area contributed by atoms with Crippen LogP contribution in [0.15, 0.2) is 71.6 Å². The predicted octanol–water partition coefficient (Wildman–Crippen LogP) is 5.79. The van der Waals surface area contributed by atoms with Crippen molar-refractivity contribution in [3.63, 3.8) is 0 Å². The second-order valence-corrected chi connectivity index (χ2v) is 11.2. The van der Waals surface area contributed by atoms with Gasteiger partial charge >= 0.3 is 5.97 Å². The highest BCUT2D eigenvalue weighted by Gasteiger charge is 2.27. The minimum atomic E-state index is -4.21. The van der Waals surface area contributed by atoms with E-state index in [1.54, 1.807) is 25.1 Å². The molecule has 1 atom stereocenters. The van der Waals surface area contributed by atoms with Gasteiger partial charge in [-0.3, -0.25) is 4.79 Å². The summed E-state index contributed by atoms with van der Waals surface area (Å²) >= 11 is 6.13. The van der Waals surface area contributed by atoms with Crippen molar-refractivity contribution in [3.05, 3.63) is 94.4 Å². The first-order chi connectivity index (χ1) is 19.4. The van der Waals surface area contributed by atoms with Gasteiger partial charge in [-0.2, -0.15) is 9.78 Å². The number of ether oxygens (including phenoxy) is 1. The quantitative estimate of drug-likeness (QED) is 0.209. The first-order valence-electron chi connectivity index (χ1n) is 12.4. The molecule has 4 aromatic rings. The Bertz CT molecular complexity index is 1720. The first-order valence-corrected chi connectivity index (χ1v) is 14.3. The van der Waals surface area contributed by atoms with Crippen LogP contribution in [0.1, 0.15) is 46.7 Å². The van der Waals surface area contributed by atoms with Gasteiger partial charge in [-0.25, -0.2) is 22.3 Å². The van der Waals surface area contributed by atoms with Crippen LogP contribution in [0.25, 0.3) is 5.69 Å². The SMILES string of the molecule is CC[C@H](C)NS(=O)(=O)c1cc(NC(=O)c2ccccc2Cl)ccc1Oc1c(C)c(C(=O)O)nn1-c1ccc(F)cc1. The molecule has 0 bridgehead atoms. The maximum Gasteiger partial charge on any atom is 0.356 e. The highest BCUT2D eigenvalue weighted by atomic mass is 35.5. The molecule has 0 unspecified atom stereocenters. The van der Waals surface area contributed by atoms with Crippen molar-refractivity contribution in [3.8, 4) is 17.3 Å². The maximum absolute atomic E-state index is 13.6. The predicted molar refractivity (Wildman–Crippen MR) is 151 cm³/mol. The summed E-state index contributed by atoms with van der Waals surface area (Å²) in [5, 5.41) is 16.6. The summed E-state index contributed by atoms with van der Waals surface area (Å²) in [5.41, 5.74) is 0.382. The fraction of sp³-hybridized carbons (Fsp3) is 0.179. The Morgan fingerprint density at radius 2 is 1.80 bits per heavy atom. The Balaban J connectivity index is 1.82. The lowest BCUT2D eigenvalue weighted by atomic mass is 10.2. The van der Waals surface area contributed by atoms with Crippen LogP contribution in [0.2, 0.25) is 5.02 Å². The van der Waals surface area contributed by atoms with Crippen LogP contribution >= 0.6 is 11.6 Å². The van der Waals surface area contributed by atoms with Gasteiger partial charge in [0.05, 0.1) is 16.3 Å². The molecule has 1 amide bonds. The molecule has 1 heterocycles. The number of carbonyl (C=O) groups is 2. The van der Waals surface area contributed by atoms with Gasteiger partial charge in [0, 0.05) is 17.3 Å². The average Bonchev–Trinajstić information content (AvgIpc) is 3.25. The number of amides is 1. The van der Waals surface area contributed by atoms with Gasteiger partial charge in [0.25, 0.3) is 5.91 Å². The summed E-state index contributed by atoms with van der Waals surface area (Å²) in [6.07, 6.45) is 0.497. The highest BCUT2D eigenvalue weighted by molar-refractivity contribution is 7.89. The van der Waals surface area contributed by atoms with Crippen LogP contribution in [-0.2, 0) is 10.0 Å². The maximum atomic E-state index is 13.6. The number of anilines is 1. The van der Waals surface area contributed by atoms with Gasteiger partial charge in [-0.1, -0.05) is 30.7 Å². The van der Waals surface area contributed by atoms with Crippen LogP contribution < -0.4 is 14.8 Å². The molecule has 0 fully saturated rings. The zero-order valence-corrected chi connectivity index (χ0v) is 23.8. The molecule has 1 aromatic heterocycles. The highest BCUT2D eigenvalue weighted by Crippen LogP contribution is 2.35. The normalized spacial score (nSPS) is 12.1. The molecule has 0 saturated heterocycles. The lowest BCUT2D eigenvalue weighted by molar-refractivity contribution is 0.0689. The number of carbonyl (C=O) groups excluding carboxylic acids is 1. The number of hydrogen-bond donors (Lipinski definition) is 3. The number of halogens is 2. The molecule has 0 aliphatic rings.